The van der Waals surface area contributed by atoms with Gasteiger partial charge in [0.1, 0.15) is 0 Å². The number of aliphatic hydroxyl groups is 1. The van der Waals surface area contributed by atoms with Crippen molar-refractivity contribution in [2.24, 2.45) is 0 Å². The molecule has 0 aromatic rings. The number of thioether (sulfide) groups is 1. The van der Waals surface area contributed by atoms with Crippen LogP contribution in [0.3, 0.4) is 0 Å². The van der Waals surface area contributed by atoms with Crippen LogP contribution in [0, 0.1) is 0 Å². The average molecular weight is 272 g/mol. The smallest absolute Gasteiger partial charge is 0.317 e. The second kappa shape index (κ2) is 7.69. The largest absolute Gasteiger partial charge is 0.388 e. The van der Waals surface area contributed by atoms with E-state index in [0.29, 0.717) is 13.1 Å². The number of likely N-dealkylation sites (N-methyl/N-ethyl adjacent to an activating group) is 1. The lowest BCUT2D eigenvalue weighted by Crippen LogP contribution is -2.46. The lowest BCUT2D eigenvalue weighted by molar-refractivity contribution is 0.0248. The Morgan fingerprint density at radius 2 is 2.22 bits per heavy atom. The van der Waals surface area contributed by atoms with E-state index >= 15 is 0 Å². The van der Waals surface area contributed by atoms with Crippen LogP contribution in [0.5, 0.6) is 0 Å². The molecule has 0 saturated heterocycles. The molecule has 1 aliphatic rings. The van der Waals surface area contributed by atoms with Crippen LogP contribution in [-0.4, -0.2) is 53.3 Å². The van der Waals surface area contributed by atoms with Gasteiger partial charge in [-0.1, -0.05) is 18.9 Å². The van der Waals surface area contributed by atoms with Gasteiger partial charge in [0.15, 0.2) is 0 Å². The summed E-state index contributed by atoms with van der Waals surface area (Å²) in [6, 6.07) is -0.102. The van der Waals surface area contributed by atoms with Gasteiger partial charge in [-0.25, -0.2) is 4.79 Å². The number of nitrogens with one attached hydrogen (secondary N) is 1. The molecular weight excluding hydrogens is 248 g/mol. The summed E-state index contributed by atoms with van der Waals surface area (Å²) in [6.45, 7) is 4.72. The molecule has 1 aliphatic carbocycles. The quantitative estimate of drug-likeness (QED) is 0.549. The lowest BCUT2D eigenvalue weighted by Gasteiger charge is -2.28. The van der Waals surface area contributed by atoms with E-state index in [-0.39, 0.29) is 6.03 Å². The standard InChI is InChI=1S/C13H24N2O2S/c1-3-9-18-10-8-14-12(16)15(2)11-13(17)6-4-5-7-13/h3,17H,1,4-11H2,2H3,(H,14,16). The summed E-state index contributed by atoms with van der Waals surface area (Å²) < 4.78 is 0. The van der Waals surface area contributed by atoms with Crippen molar-refractivity contribution in [1.82, 2.24) is 10.2 Å². The summed E-state index contributed by atoms with van der Waals surface area (Å²) in [7, 11) is 1.74. The van der Waals surface area contributed by atoms with E-state index in [1.165, 1.54) is 0 Å². The predicted octanol–water partition coefficient (Wildman–Crippen LogP) is 1.85. The van der Waals surface area contributed by atoms with Crippen molar-refractivity contribution in [2.75, 3.05) is 31.6 Å². The van der Waals surface area contributed by atoms with Crippen LogP contribution in [0.25, 0.3) is 0 Å². The molecule has 104 valence electrons. The van der Waals surface area contributed by atoms with Gasteiger partial charge in [-0.15, -0.1) is 6.58 Å². The summed E-state index contributed by atoms with van der Waals surface area (Å²) in [6.07, 6.45) is 5.59. The maximum absolute atomic E-state index is 11.8. The molecule has 0 aromatic carbocycles. The third-order valence-electron chi connectivity index (χ3n) is 3.17. The first-order valence-corrected chi connectivity index (χ1v) is 7.63. The number of hydrogen-bond donors (Lipinski definition) is 2. The first-order valence-electron chi connectivity index (χ1n) is 6.47. The zero-order valence-corrected chi connectivity index (χ0v) is 12.0. The Labute approximate surface area is 114 Å². The van der Waals surface area contributed by atoms with Crippen LogP contribution >= 0.6 is 11.8 Å². The van der Waals surface area contributed by atoms with Crippen LogP contribution < -0.4 is 5.32 Å². The molecule has 0 bridgehead atoms. The van der Waals surface area contributed by atoms with E-state index in [4.69, 9.17) is 0 Å². The van der Waals surface area contributed by atoms with Crippen molar-refractivity contribution in [3.63, 3.8) is 0 Å². The highest BCUT2D eigenvalue weighted by molar-refractivity contribution is 7.99. The molecule has 5 heteroatoms. The highest BCUT2D eigenvalue weighted by Gasteiger charge is 2.33. The first-order chi connectivity index (χ1) is 8.57. The maximum atomic E-state index is 11.8. The molecule has 1 saturated carbocycles. The van der Waals surface area contributed by atoms with Crippen LogP contribution in [-0.2, 0) is 0 Å². The second-order valence-corrected chi connectivity index (χ2v) is 6.03. The summed E-state index contributed by atoms with van der Waals surface area (Å²) in [5.74, 6) is 1.79. The van der Waals surface area contributed by atoms with Gasteiger partial charge in [0.25, 0.3) is 0 Å². The van der Waals surface area contributed by atoms with Gasteiger partial charge in [-0.05, 0) is 12.8 Å². The minimum absolute atomic E-state index is 0.102. The van der Waals surface area contributed by atoms with Gasteiger partial charge in [-0.2, -0.15) is 11.8 Å². The van der Waals surface area contributed by atoms with Gasteiger partial charge < -0.3 is 15.3 Å². The Morgan fingerprint density at radius 3 is 2.83 bits per heavy atom. The lowest BCUT2D eigenvalue weighted by atomic mass is 10.0. The van der Waals surface area contributed by atoms with Crippen molar-refractivity contribution >= 4 is 17.8 Å². The van der Waals surface area contributed by atoms with E-state index in [2.05, 4.69) is 11.9 Å². The van der Waals surface area contributed by atoms with Gasteiger partial charge in [0.2, 0.25) is 0 Å². The fourth-order valence-electron chi connectivity index (χ4n) is 2.24. The second-order valence-electron chi connectivity index (χ2n) is 4.88. The zero-order chi connectivity index (χ0) is 13.4. The van der Waals surface area contributed by atoms with E-state index < -0.39 is 5.60 Å². The highest BCUT2D eigenvalue weighted by atomic mass is 32.2. The SMILES string of the molecule is C=CCSCCNC(=O)N(C)CC1(O)CCCC1. The Bertz CT molecular complexity index is 278. The van der Waals surface area contributed by atoms with Crippen molar-refractivity contribution in [3.8, 4) is 0 Å². The third-order valence-corrected chi connectivity index (χ3v) is 4.13. The molecule has 0 heterocycles. The Balaban J connectivity index is 2.18. The molecule has 2 amide bonds. The molecule has 0 unspecified atom stereocenters. The normalized spacial score (nSPS) is 17.4. The van der Waals surface area contributed by atoms with Crippen LogP contribution in [0.15, 0.2) is 12.7 Å². The van der Waals surface area contributed by atoms with Gasteiger partial charge in [0.05, 0.1) is 12.1 Å². The number of rotatable bonds is 7. The monoisotopic (exact) mass is 272 g/mol. The molecule has 0 atom stereocenters. The Hall–Kier alpha value is -0.680. The van der Waals surface area contributed by atoms with Gasteiger partial charge in [0, 0.05) is 25.1 Å². The number of carbonyl (C=O) groups is 1. The third kappa shape index (κ3) is 5.31. The molecule has 0 spiro atoms. The molecule has 0 aromatic heterocycles. The number of amides is 2. The van der Waals surface area contributed by atoms with E-state index in [9.17, 15) is 9.90 Å². The van der Waals surface area contributed by atoms with Crippen molar-refractivity contribution in [3.05, 3.63) is 12.7 Å². The average Bonchev–Trinajstić information content (AvgIpc) is 2.75. The predicted molar refractivity (Wildman–Crippen MR) is 77.0 cm³/mol. The minimum atomic E-state index is -0.663. The van der Waals surface area contributed by atoms with E-state index in [1.807, 2.05) is 6.08 Å². The van der Waals surface area contributed by atoms with Crippen LogP contribution in [0.1, 0.15) is 25.7 Å². The van der Waals surface area contributed by atoms with Crippen LogP contribution in [0.4, 0.5) is 4.79 Å². The number of urea groups is 1. The number of carbonyl (C=O) groups excluding carboxylic acids is 1. The number of nitrogens with zero attached hydrogens (tertiary/aromatic N) is 1. The van der Waals surface area contributed by atoms with Crippen molar-refractivity contribution < 1.29 is 9.90 Å². The number of hydrogen-bond acceptors (Lipinski definition) is 3. The van der Waals surface area contributed by atoms with E-state index in [1.54, 1.807) is 23.7 Å². The Kier molecular flexibility index (Phi) is 6.57. The first kappa shape index (κ1) is 15.4. The van der Waals surface area contributed by atoms with Crippen LogP contribution in [0.2, 0.25) is 0 Å². The molecule has 2 N–H and O–H groups in total. The van der Waals surface area contributed by atoms with Crippen molar-refractivity contribution in [2.45, 2.75) is 31.3 Å². The Morgan fingerprint density at radius 1 is 1.56 bits per heavy atom. The van der Waals surface area contributed by atoms with Crippen molar-refractivity contribution in [1.29, 1.82) is 0 Å². The molecule has 18 heavy (non-hydrogen) atoms. The summed E-state index contributed by atoms with van der Waals surface area (Å²) in [5.41, 5.74) is -0.663. The molecule has 0 aliphatic heterocycles. The summed E-state index contributed by atoms with van der Waals surface area (Å²) >= 11 is 1.74. The molecule has 4 nitrogen and oxygen atoms in total. The minimum Gasteiger partial charge on any atom is -0.388 e. The van der Waals surface area contributed by atoms with Gasteiger partial charge >= 0.3 is 6.03 Å². The topological polar surface area (TPSA) is 52.6 Å². The maximum Gasteiger partial charge on any atom is 0.317 e. The highest BCUT2D eigenvalue weighted by Crippen LogP contribution is 2.29. The summed E-state index contributed by atoms with van der Waals surface area (Å²) in [4.78, 5) is 13.4. The fraction of sp³-hybridized carbons (Fsp3) is 0.769. The molecule has 1 rings (SSSR count). The fourth-order valence-corrected chi connectivity index (χ4v) is 2.82. The van der Waals surface area contributed by atoms with Gasteiger partial charge in [-0.3, -0.25) is 0 Å². The van der Waals surface area contributed by atoms with E-state index in [0.717, 1.165) is 37.2 Å². The summed E-state index contributed by atoms with van der Waals surface area (Å²) in [5, 5.41) is 13.1. The molecule has 0 radical (unpaired) electrons. The molecular formula is C13H24N2O2S. The zero-order valence-electron chi connectivity index (χ0n) is 11.2. The molecule has 1 fully saturated rings.